The second kappa shape index (κ2) is 4.79. The van der Waals surface area contributed by atoms with Crippen LogP contribution in [0.15, 0.2) is 41.4 Å². The van der Waals surface area contributed by atoms with Crippen LogP contribution in [0, 0.1) is 6.92 Å². The number of rotatable bonds is 3. The zero-order chi connectivity index (χ0) is 14.2. The maximum absolute atomic E-state index is 12.3. The Balaban J connectivity index is 1.90. The summed E-state index contributed by atoms with van der Waals surface area (Å²) in [5, 5.41) is 3.18. The van der Waals surface area contributed by atoms with Crippen LogP contribution in [-0.4, -0.2) is 19.9 Å². The van der Waals surface area contributed by atoms with E-state index in [4.69, 9.17) is 0 Å². The summed E-state index contributed by atoms with van der Waals surface area (Å²) in [5.74, 6) is 0.323. The van der Waals surface area contributed by atoms with E-state index in [0.717, 1.165) is 29.8 Å². The number of nitrogens with zero attached hydrogens (tertiary/aromatic N) is 1. The maximum atomic E-state index is 12.3. The van der Waals surface area contributed by atoms with Gasteiger partial charge in [-0.3, -0.25) is 4.72 Å². The fourth-order valence-electron chi connectivity index (χ4n) is 2.16. The third-order valence-electron chi connectivity index (χ3n) is 3.25. The van der Waals surface area contributed by atoms with Crippen LogP contribution < -0.4 is 10.0 Å². The summed E-state index contributed by atoms with van der Waals surface area (Å²) < 4.78 is 27.1. The summed E-state index contributed by atoms with van der Waals surface area (Å²) in [5.41, 5.74) is 3.02. The number of aromatic nitrogens is 1. The van der Waals surface area contributed by atoms with E-state index >= 15 is 0 Å². The van der Waals surface area contributed by atoms with E-state index in [9.17, 15) is 8.42 Å². The lowest BCUT2D eigenvalue weighted by Crippen LogP contribution is -2.14. The third kappa shape index (κ3) is 2.46. The molecule has 2 heterocycles. The van der Waals surface area contributed by atoms with Gasteiger partial charge in [0, 0.05) is 18.4 Å². The minimum atomic E-state index is -3.60. The molecule has 20 heavy (non-hydrogen) atoms. The van der Waals surface area contributed by atoms with Crippen molar-refractivity contribution in [3.05, 3.63) is 47.7 Å². The van der Waals surface area contributed by atoms with Crippen LogP contribution in [0.25, 0.3) is 0 Å². The average molecular weight is 289 g/mol. The van der Waals surface area contributed by atoms with Crippen molar-refractivity contribution in [2.75, 3.05) is 16.6 Å². The van der Waals surface area contributed by atoms with Gasteiger partial charge in [0.15, 0.2) is 0 Å². The minimum Gasteiger partial charge on any atom is -0.384 e. The molecule has 0 bridgehead atoms. The molecule has 2 aromatic rings. The van der Waals surface area contributed by atoms with Gasteiger partial charge in [-0.1, -0.05) is 12.1 Å². The summed E-state index contributed by atoms with van der Waals surface area (Å²) in [6.45, 7) is 2.75. The predicted molar refractivity (Wildman–Crippen MR) is 78.4 cm³/mol. The molecule has 5 nitrogen and oxygen atoms in total. The molecule has 1 aliphatic rings. The largest absolute Gasteiger partial charge is 0.384 e. The molecular weight excluding hydrogens is 274 g/mol. The van der Waals surface area contributed by atoms with E-state index in [1.54, 1.807) is 24.4 Å². The molecule has 0 saturated carbocycles. The standard InChI is InChI=1S/C14H15N3O2S/c1-10-2-5-14(16-9-10)17-20(18,19)12-4-3-11-6-7-15-13(11)8-12/h2-5,8-9,15H,6-7H2,1H3,(H,16,17). The van der Waals surface area contributed by atoms with Crippen LogP contribution in [-0.2, 0) is 16.4 Å². The average Bonchev–Trinajstić information content (AvgIpc) is 2.88. The Kier molecular flexibility index (Phi) is 3.10. The Morgan fingerprint density at radius 1 is 1.25 bits per heavy atom. The SMILES string of the molecule is Cc1ccc(NS(=O)(=O)c2ccc3c(c2)NCC3)nc1. The number of sulfonamides is 1. The van der Waals surface area contributed by atoms with Crippen molar-refractivity contribution in [2.45, 2.75) is 18.2 Å². The number of benzene rings is 1. The number of nitrogens with one attached hydrogen (secondary N) is 2. The molecule has 6 heteroatoms. The second-order valence-electron chi connectivity index (χ2n) is 4.82. The summed E-state index contributed by atoms with van der Waals surface area (Å²) in [4.78, 5) is 4.30. The van der Waals surface area contributed by atoms with Gasteiger partial charge in [0.25, 0.3) is 10.0 Å². The lowest BCUT2D eigenvalue weighted by Gasteiger charge is -2.09. The van der Waals surface area contributed by atoms with Gasteiger partial charge in [-0.2, -0.15) is 0 Å². The second-order valence-corrected chi connectivity index (χ2v) is 6.50. The van der Waals surface area contributed by atoms with Gasteiger partial charge >= 0.3 is 0 Å². The lowest BCUT2D eigenvalue weighted by atomic mass is 10.2. The topological polar surface area (TPSA) is 71.1 Å². The molecule has 3 rings (SSSR count). The molecule has 0 aliphatic carbocycles. The summed E-state index contributed by atoms with van der Waals surface area (Å²) in [6.07, 6.45) is 2.56. The third-order valence-corrected chi connectivity index (χ3v) is 4.60. The number of anilines is 2. The number of hydrogen-bond donors (Lipinski definition) is 2. The molecule has 0 atom stereocenters. The van der Waals surface area contributed by atoms with E-state index in [0.29, 0.717) is 5.82 Å². The Morgan fingerprint density at radius 3 is 2.85 bits per heavy atom. The quantitative estimate of drug-likeness (QED) is 0.908. The van der Waals surface area contributed by atoms with Gasteiger partial charge in [-0.15, -0.1) is 0 Å². The number of hydrogen-bond acceptors (Lipinski definition) is 4. The monoisotopic (exact) mass is 289 g/mol. The first-order valence-corrected chi connectivity index (χ1v) is 7.85. The fourth-order valence-corrected chi connectivity index (χ4v) is 3.20. The highest BCUT2D eigenvalue weighted by atomic mass is 32.2. The Labute approximate surface area is 118 Å². The normalized spacial score (nSPS) is 13.7. The molecule has 0 fully saturated rings. The van der Waals surface area contributed by atoms with Crippen molar-refractivity contribution in [2.24, 2.45) is 0 Å². The highest BCUT2D eigenvalue weighted by molar-refractivity contribution is 7.92. The van der Waals surface area contributed by atoms with Gasteiger partial charge < -0.3 is 5.32 Å². The van der Waals surface area contributed by atoms with Crippen LogP contribution in [0.3, 0.4) is 0 Å². The molecule has 1 aromatic carbocycles. The molecule has 0 radical (unpaired) electrons. The van der Waals surface area contributed by atoms with Gasteiger partial charge in [-0.05, 0) is 42.7 Å². The van der Waals surface area contributed by atoms with Gasteiger partial charge in [0.05, 0.1) is 4.90 Å². The zero-order valence-corrected chi connectivity index (χ0v) is 11.9. The molecule has 2 N–H and O–H groups in total. The van der Waals surface area contributed by atoms with E-state index in [1.165, 1.54) is 0 Å². The molecular formula is C14H15N3O2S. The molecule has 0 amide bonds. The van der Waals surface area contributed by atoms with Crippen molar-refractivity contribution in [3.8, 4) is 0 Å². The lowest BCUT2D eigenvalue weighted by molar-refractivity contribution is 0.601. The van der Waals surface area contributed by atoms with E-state index in [1.807, 2.05) is 19.1 Å². The van der Waals surface area contributed by atoms with Crippen LogP contribution in [0.5, 0.6) is 0 Å². The molecule has 104 valence electrons. The van der Waals surface area contributed by atoms with Gasteiger partial charge in [-0.25, -0.2) is 13.4 Å². The van der Waals surface area contributed by atoms with E-state index in [2.05, 4.69) is 15.0 Å². The first kappa shape index (κ1) is 12.9. The summed E-state index contributed by atoms with van der Waals surface area (Å²) in [6, 6.07) is 8.61. The first-order valence-electron chi connectivity index (χ1n) is 6.37. The van der Waals surface area contributed by atoms with Crippen LogP contribution in [0.1, 0.15) is 11.1 Å². The van der Waals surface area contributed by atoms with Gasteiger partial charge in [0.1, 0.15) is 5.82 Å². The fraction of sp³-hybridized carbons (Fsp3) is 0.214. The summed E-state index contributed by atoms with van der Waals surface area (Å²) >= 11 is 0. The molecule has 1 aromatic heterocycles. The highest BCUT2D eigenvalue weighted by Gasteiger charge is 2.18. The van der Waals surface area contributed by atoms with Crippen LogP contribution >= 0.6 is 0 Å². The predicted octanol–water partition coefficient (Wildman–Crippen LogP) is 2.16. The van der Waals surface area contributed by atoms with Crippen molar-refractivity contribution >= 4 is 21.5 Å². The Hall–Kier alpha value is -2.08. The molecule has 0 spiro atoms. The number of aryl methyl sites for hydroxylation is 1. The molecule has 0 unspecified atom stereocenters. The van der Waals surface area contributed by atoms with Crippen LogP contribution in [0.2, 0.25) is 0 Å². The van der Waals surface area contributed by atoms with Crippen molar-refractivity contribution in [3.63, 3.8) is 0 Å². The highest BCUT2D eigenvalue weighted by Crippen LogP contribution is 2.26. The first-order chi connectivity index (χ1) is 9.54. The van der Waals surface area contributed by atoms with E-state index in [-0.39, 0.29) is 4.90 Å². The van der Waals surface area contributed by atoms with Crippen molar-refractivity contribution in [1.82, 2.24) is 4.98 Å². The van der Waals surface area contributed by atoms with Gasteiger partial charge in [0.2, 0.25) is 0 Å². The summed E-state index contributed by atoms with van der Waals surface area (Å²) in [7, 11) is -3.60. The smallest absolute Gasteiger partial charge is 0.263 e. The number of pyridine rings is 1. The number of fused-ring (bicyclic) bond motifs is 1. The zero-order valence-electron chi connectivity index (χ0n) is 11.1. The molecule has 1 aliphatic heterocycles. The van der Waals surface area contributed by atoms with Crippen molar-refractivity contribution < 1.29 is 8.42 Å². The van der Waals surface area contributed by atoms with Crippen LogP contribution in [0.4, 0.5) is 11.5 Å². The maximum Gasteiger partial charge on any atom is 0.263 e. The minimum absolute atomic E-state index is 0.244. The Bertz CT molecular complexity index is 740. The van der Waals surface area contributed by atoms with E-state index < -0.39 is 10.0 Å². The van der Waals surface area contributed by atoms with Crippen molar-refractivity contribution in [1.29, 1.82) is 0 Å². The molecule has 0 saturated heterocycles. The Morgan fingerprint density at radius 2 is 2.10 bits per heavy atom.